The number of aromatic nitrogens is 3. The number of carboxylic acid groups (broad SMARTS) is 1. The summed E-state index contributed by atoms with van der Waals surface area (Å²) in [5.41, 5.74) is 6.46. The molecule has 2 aromatic heterocycles. The van der Waals surface area contributed by atoms with E-state index in [1.807, 2.05) is 16.8 Å². The van der Waals surface area contributed by atoms with Crippen LogP contribution in [-0.4, -0.2) is 50.2 Å². The highest BCUT2D eigenvalue weighted by atomic mass is 35.5. The van der Waals surface area contributed by atoms with E-state index in [2.05, 4.69) is 27.6 Å². The van der Waals surface area contributed by atoms with E-state index in [1.54, 1.807) is 0 Å². The van der Waals surface area contributed by atoms with Crippen LogP contribution in [-0.2, 0) is 9.47 Å². The third kappa shape index (κ3) is 6.99. The van der Waals surface area contributed by atoms with Crippen molar-refractivity contribution in [3.8, 4) is 12.8 Å². The molecule has 2 fully saturated rings. The summed E-state index contributed by atoms with van der Waals surface area (Å²) in [6, 6.07) is 1.84. The molecule has 4 N–H and O–H groups in total. The van der Waals surface area contributed by atoms with Crippen molar-refractivity contribution in [1.29, 1.82) is 0 Å². The summed E-state index contributed by atoms with van der Waals surface area (Å²) < 4.78 is 12.1. The van der Waals surface area contributed by atoms with Crippen molar-refractivity contribution >= 4 is 34.6 Å². The maximum Gasteiger partial charge on any atom is 0.505 e. The summed E-state index contributed by atoms with van der Waals surface area (Å²) in [6.07, 6.45) is 16.1. The molecule has 2 aliphatic rings. The Kier molecular flexibility index (Phi) is 9.85. The van der Waals surface area contributed by atoms with Crippen LogP contribution in [0.25, 0.3) is 11.0 Å². The number of aliphatic hydroxyl groups is 1. The topological polar surface area (TPSA) is 133 Å². The first-order valence-corrected chi connectivity index (χ1v) is 10.6. The number of ether oxygens (including phenoxy) is 2. The quantitative estimate of drug-likeness (QED) is 0.362. The van der Waals surface area contributed by atoms with Crippen LogP contribution < -0.4 is 5.73 Å². The SMILES string of the molecule is C#C.Nc1nc(Cl)nc2c1ccn2[C@H]1CC[C@@H](CO)O1.O=C(O)OCC1CCCCC1. The molecule has 1 saturated carbocycles. The van der Waals surface area contributed by atoms with Crippen LogP contribution in [0, 0.1) is 18.8 Å². The Labute approximate surface area is 186 Å². The minimum Gasteiger partial charge on any atom is -0.450 e. The summed E-state index contributed by atoms with van der Waals surface area (Å²) >= 11 is 5.82. The van der Waals surface area contributed by atoms with E-state index in [0.29, 0.717) is 24.0 Å². The predicted molar refractivity (Wildman–Crippen MR) is 118 cm³/mol. The van der Waals surface area contributed by atoms with Crippen LogP contribution in [0.2, 0.25) is 5.28 Å². The number of nitrogen functional groups attached to an aromatic ring is 1. The zero-order chi connectivity index (χ0) is 22.8. The average molecular weight is 453 g/mol. The van der Waals surface area contributed by atoms with Gasteiger partial charge >= 0.3 is 6.16 Å². The lowest BCUT2D eigenvalue weighted by molar-refractivity contribution is -0.0204. The lowest BCUT2D eigenvalue weighted by Crippen LogP contribution is -2.15. The predicted octanol–water partition coefficient (Wildman–Crippen LogP) is 3.85. The number of halogens is 1. The van der Waals surface area contributed by atoms with Gasteiger partial charge in [0.15, 0.2) is 0 Å². The number of terminal acetylenes is 1. The van der Waals surface area contributed by atoms with E-state index in [-0.39, 0.29) is 24.2 Å². The number of aliphatic hydroxyl groups excluding tert-OH is 1. The Balaban J connectivity index is 0.000000226. The van der Waals surface area contributed by atoms with Gasteiger partial charge in [-0.15, -0.1) is 12.8 Å². The fraction of sp³-hybridized carbons (Fsp3) is 0.571. The van der Waals surface area contributed by atoms with Gasteiger partial charge in [0, 0.05) is 6.20 Å². The fourth-order valence-corrected chi connectivity index (χ4v) is 4.00. The molecule has 0 unspecified atom stereocenters. The number of nitrogens with zero attached hydrogens (tertiary/aromatic N) is 3. The van der Waals surface area contributed by atoms with Gasteiger partial charge in [0.2, 0.25) is 5.28 Å². The second-order valence-electron chi connectivity index (χ2n) is 7.39. The number of anilines is 1. The van der Waals surface area contributed by atoms with Crippen LogP contribution in [0.4, 0.5) is 10.6 Å². The van der Waals surface area contributed by atoms with Gasteiger partial charge in [-0.3, -0.25) is 0 Å². The Morgan fingerprint density at radius 3 is 2.58 bits per heavy atom. The number of hydrogen-bond donors (Lipinski definition) is 3. The minimum atomic E-state index is -1.14. The lowest BCUT2D eigenvalue weighted by Gasteiger charge is -2.19. The molecule has 2 atom stereocenters. The highest BCUT2D eigenvalue weighted by molar-refractivity contribution is 6.28. The van der Waals surface area contributed by atoms with Gasteiger partial charge < -0.3 is 30.0 Å². The smallest absolute Gasteiger partial charge is 0.450 e. The maximum atomic E-state index is 10.0. The van der Waals surface area contributed by atoms with Crippen LogP contribution in [0.5, 0.6) is 0 Å². The van der Waals surface area contributed by atoms with Gasteiger partial charge in [0.05, 0.1) is 24.7 Å². The van der Waals surface area contributed by atoms with Gasteiger partial charge in [-0.25, -0.2) is 9.78 Å². The highest BCUT2D eigenvalue weighted by Gasteiger charge is 2.27. The molecule has 31 heavy (non-hydrogen) atoms. The van der Waals surface area contributed by atoms with Crippen LogP contribution >= 0.6 is 11.6 Å². The first-order valence-electron chi connectivity index (χ1n) is 10.2. The molecule has 0 bridgehead atoms. The van der Waals surface area contributed by atoms with E-state index in [1.165, 1.54) is 19.3 Å². The van der Waals surface area contributed by atoms with E-state index in [9.17, 15) is 4.79 Å². The van der Waals surface area contributed by atoms with Crippen molar-refractivity contribution in [3.05, 3.63) is 17.5 Å². The molecule has 3 heterocycles. The van der Waals surface area contributed by atoms with Gasteiger partial charge in [-0.2, -0.15) is 4.98 Å². The number of rotatable bonds is 4. The molecule has 9 nitrogen and oxygen atoms in total. The van der Waals surface area contributed by atoms with Gasteiger partial charge in [-0.05, 0) is 49.3 Å². The Hall–Kier alpha value is -2.54. The average Bonchev–Trinajstić information content (AvgIpc) is 3.42. The molecule has 0 amide bonds. The number of fused-ring (bicyclic) bond motifs is 1. The Morgan fingerprint density at radius 1 is 1.26 bits per heavy atom. The van der Waals surface area contributed by atoms with Crippen LogP contribution in [0.1, 0.15) is 51.2 Å². The molecule has 1 aliphatic carbocycles. The largest absolute Gasteiger partial charge is 0.505 e. The van der Waals surface area contributed by atoms with Gasteiger partial charge in [0.25, 0.3) is 0 Å². The van der Waals surface area contributed by atoms with E-state index in [4.69, 9.17) is 32.3 Å². The normalized spacial score (nSPS) is 20.9. The second-order valence-corrected chi connectivity index (χ2v) is 7.73. The van der Waals surface area contributed by atoms with E-state index in [0.717, 1.165) is 31.1 Å². The Bertz CT molecular complexity index is 866. The van der Waals surface area contributed by atoms with Crippen LogP contribution in [0.15, 0.2) is 12.3 Å². The molecule has 10 heteroatoms. The van der Waals surface area contributed by atoms with Gasteiger partial charge in [-0.1, -0.05) is 19.3 Å². The van der Waals surface area contributed by atoms with Crippen molar-refractivity contribution < 1.29 is 24.5 Å². The number of carbonyl (C=O) groups is 1. The first kappa shape index (κ1) is 24.7. The molecular weight excluding hydrogens is 424 g/mol. The summed E-state index contributed by atoms with van der Waals surface area (Å²) in [5, 5.41) is 18.2. The molecule has 0 spiro atoms. The second kappa shape index (κ2) is 12.3. The molecule has 170 valence electrons. The molecular formula is C21H29ClN4O5. The van der Waals surface area contributed by atoms with E-state index < -0.39 is 6.16 Å². The number of nitrogens with two attached hydrogens (primary N) is 1. The third-order valence-corrected chi connectivity index (χ3v) is 5.51. The maximum absolute atomic E-state index is 10.0. The van der Waals surface area contributed by atoms with Crippen molar-refractivity contribution in [3.63, 3.8) is 0 Å². The van der Waals surface area contributed by atoms with Crippen LogP contribution in [0.3, 0.4) is 0 Å². The number of hydrogen-bond acceptors (Lipinski definition) is 7. The molecule has 4 rings (SSSR count). The van der Waals surface area contributed by atoms with Crippen molar-refractivity contribution in [2.45, 2.75) is 57.3 Å². The third-order valence-electron chi connectivity index (χ3n) is 5.34. The lowest BCUT2D eigenvalue weighted by atomic mass is 9.90. The van der Waals surface area contributed by atoms with Crippen molar-refractivity contribution in [1.82, 2.24) is 14.5 Å². The molecule has 0 radical (unpaired) electrons. The Morgan fingerprint density at radius 2 is 1.97 bits per heavy atom. The minimum absolute atomic E-state index is 0.0353. The highest BCUT2D eigenvalue weighted by Crippen LogP contribution is 2.32. The molecule has 1 aliphatic heterocycles. The fourth-order valence-electron chi connectivity index (χ4n) is 3.83. The van der Waals surface area contributed by atoms with Gasteiger partial charge in [0.1, 0.15) is 17.7 Å². The first-order chi connectivity index (χ1) is 15.0. The zero-order valence-electron chi connectivity index (χ0n) is 17.3. The molecule has 1 saturated heterocycles. The van der Waals surface area contributed by atoms with Crippen molar-refractivity contribution in [2.75, 3.05) is 18.9 Å². The zero-order valence-corrected chi connectivity index (χ0v) is 18.1. The molecule has 2 aromatic rings. The monoisotopic (exact) mass is 452 g/mol. The van der Waals surface area contributed by atoms with E-state index >= 15 is 0 Å². The summed E-state index contributed by atoms with van der Waals surface area (Å²) in [4.78, 5) is 18.1. The summed E-state index contributed by atoms with van der Waals surface area (Å²) in [6.45, 7) is 0.433. The molecule has 0 aromatic carbocycles. The van der Waals surface area contributed by atoms with Crippen molar-refractivity contribution in [2.24, 2.45) is 5.92 Å². The standard InChI is InChI=1S/C11H13ClN4O2.C8H14O3.C2H2/c12-11-14-9(13)7-3-4-16(10(7)15-11)8-2-1-6(5-17)18-8;9-8(10)11-6-7-4-2-1-3-5-7;1-2/h3-4,6,8,17H,1-2,5H2,(H2,13,14,15);7H,1-6H2,(H,9,10);1-2H/t6-,8+;;/m0../s1. The summed E-state index contributed by atoms with van der Waals surface area (Å²) in [7, 11) is 0. The summed E-state index contributed by atoms with van der Waals surface area (Å²) in [5.74, 6) is 0.848.